The molecule has 0 spiro atoms. The van der Waals surface area contributed by atoms with Gasteiger partial charge in [-0.1, -0.05) is 0 Å². The standard InChI is InChI=1S/C12H12N2O3/c13-8-3-4-10(12(14)15)11(6-8)17-7-9-2-1-5-16-9/h1-6H,7,13H2,(H2,14,15). The minimum absolute atomic E-state index is 0.219. The molecule has 2 rings (SSSR count). The molecule has 0 saturated heterocycles. The van der Waals surface area contributed by atoms with E-state index in [-0.39, 0.29) is 6.61 Å². The van der Waals surface area contributed by atoms with Crippen molar-refractivity contribution in [3.05, 3.63) is 47.9 Å². The van der Waals surface area contributed by atoms with Gasteiger partial charge in [-0.2, -0.15) is 0 Å². The van der Waals surface area contributed by atoms with Crippen LogP contribution in [-0.4, -0.2) is 5.91 Å². The molecule has 1 heterocycles. The van der Waals surface area contributed by atoms with Gasteiger partial charge in [0.1, 0.15) is 18.1 Å². The van der Waals surface area contributed by atoms with Gasteiger partial charge in [-0.25, -0.2) is 0 Å². The number of furan rings is 1. The van der Waals surface area contributed by atoms with Gasteiger partial charge in [0, 0.05) is 11.8 Å². The van der Waals surface area contributed by atoms with E-state index in [1.165, 1.54) is 6.07 Å². The Morgan fingerprint density at radius 3 is 2.82 bits per heavy atom. The van der Waals surface area contributed by atoms with Gasteiger partial charge in [0.25, 0.3) is 5.91 Å². The van der Waals surface area contributed by atoms with E-state index in [0.29, 0.717) is 22.8 Å². The summed E-state index contributed by atoms with van der Waals surface area (Å²) >= 11 is 0. The molecule has 0 unspecified atom stereocenters. The number of hydrogen-bond donors (Lipinski definition) is 2. The van der Waals surface area contributed by atoms with Crippen LogP contribution >= 0.6 is 0 Å². The fraction of sp³-hybridized carbons (Fsp3) is 0.0833. The Morgan fingerprint density at radius 2 is 2.18 bits per heavy atom. The fourth-order valence-electron chi connectivity index (χ4n) is 1.41. The van der Waals surface area contributed by atoms with E-state index >= 15 is 0 Å². The van der Waals surface area contributed by atoms with Gasteiger partial charge in [-0.15, -0.1) is 0 Å². The van der Waals surface area contributed by atoms with Crippen LogP contribution < -0.4 is 16.2 Å². The Labute approximate surface area is 98.0 Å². The molecule has 0 radical (unpaired) electrons. The van der Waals surface area contributed by atoms with Crippen LogP contribution in [0.1, 0.15) is 16.1 Å². The molecule has 4 N–H and O–H groups in total. The van der Waals surface area contributed by atoms with Crippen molar-refractivity contribution >= 4 is 11.6 Å². The van der Waals surface area contributed by atoms with Gasteiger partial charge < -0.3 is 20.6 Å². The summed E-state index contributed by atoms with van der Waals surface area (Å²) in [6.45, 7) is 0.219. The summed E-state index contributed by atoms with van der Waals surface area (Å²) < 4.78 is 10.6. The Kier molecular flexibility index (Phi) is 3.00. The molecule has 1 aromatic carbocycles. The SMILES string of the molecule is NC(=O)c1ccc(N)cc1OCc1ccco1. The Hall–Kier alpha value is -2.43. The number of nitrogens with two attached hydrogens (primary N) is 2. The van der Waals surface area contributed by atoms with Crippen LogP contribution in [0.15, 0.2) is 41.0 Å². The Balaban J connectivity index is 2.19. The molecule has 0 atom stereocenters. The summed E-state index contributed by atoms with van der Waals surface area (Å²) in [6, 6.07) is 8.22. The van der Waals surface area contributed by atoms with E-state index in [9.17, 15) is 4.79 Å². The maximum atomic E-state index is 11.2. The summed E-state index contributed by atoms with van der Waals surface area (Å²) in [6.07, 6.45) is 1.55. The number of hydrogen-bond acceptors (Lipinski definition) is 4. The summed E-state index contributed by atoms with van der Waals surface area (Å²) in [4.78, 5) is 11.2. The van der Waals surface area contributed by atoms with Gasteiger partial charge in [0.15, 0.2) is 0 Å². The maximum Gasteiger partial charge on any atom is 0.252 e. The molecular weight excluding hydrogens is 220 g/mol. The number of rotatable bonds is 4. The zero-order chi connectivity index (χ0) is 12.3. The smallest absolute Gasteiger partial charge is 0.252 e. The number of carbonyl (C=O) groups is 1. The molecule has 17 heavy (non-hydrogen) atoms. The molecule has 0 aliphatic rings. The highest BCUT2D eigenvalue weighted by Gasteiger charge is 2.10. The number of ether oxygens (including phenoxy) is 1. The second kappa shape index (κ2) is 4.61. The molecule has 5 nitrogen and oxygen atoms in total. The van der Waals surface area contributed by atoms with Gasteiger partial charge >= 0.3 is 0 Å². The molecule has 1 amide bonds. The Morgan fingerprint density at radius 1 is 1.35 bits per heavy atom. The molecule has 0 bridgehead atoms. The number of carbonyl (C=O) groups excluding carboxylic acids is 1. The highest BCUT2D eigenvalue weighted by molar-refractivity contribution is 5.96. The van der Waals surface area contributed by atoms with Gasteiger partial charge in [-0.3, -0.25) is 4.79 Å². The third-order valence-electron chi connectivity index (χ3n) is 2.22. The lowest BCUT2D eigenvalue weighted by atomic mass is 10.1. The molecular formula is C12H12N2O3. The van der Waals surface area contributed by atoms with Gasteiger partial charge in [-0.05, 0) is 24.3 Å². The lowest BCUT2D eigenvalue weighted by molar-refractivity contribution is 0.0995. The van der Waals surface area contributed by atoms with Gasteiger partial charge in [0.05, 0.1) is 11.8 Å². The van der Waals surface area contributed by atoms with Crippen LogP contribution in [0.5, 0.6) is 5.75 Å². The monoisotopic (exact) mass is 232 g/mol. The molecule has 0 aliphatic heterocycles. The van der Waals surface area contributed by atoms with E-state index in [4.69, 9.17) is 20.6 Å². The van der Waals surface area contributed by atoms with Crippen molar-refractivity contribution in [2.24, 2.45) is 5.73 Å². The van der Waals surface area contributed by atoms with Crippen LogP contribution in [0, 0.1) is 0 Å². The summed E-state index contributed by atoms with van der Waals surface area (Å²) in [7, 11) is 0. The summed E-state index contributed by atoms with van der Waals surface area (Å²) in [5.41, 5.74) is 11.7. The number of amides is 1. The first kappa shape index (κ1) is 11.1. The second-order valence-electron chi connectivity index (χ2n) is 3.49. The van der Waals surface area contributed by atoms with Crippen molar-refractivity contribution in [2.45, 2.75) is 6.61 Å². The quantitative estimate of drug-likeness (QED) is 0.782. The first-order valence-corrected chi connectivity index (χ1v) is 5.01. The fourth-order valence-corrected chi connectivity index (χ4v) is 1.41. The lowest BCUT2D eigenvalue weighted by Gasteiger charge is -2.09. The first-order chi connectivity index (χ1) is 8.16. The van der Waals surface area contributed by atoms with Crippen molar-refractivity contribution in [2.75, 3.05) is 5.73 Å². The third kappa shape index (κ3) is 2.57. The van der Waals surface area contributed by atoms with Crippen molar-refractivity contribution in [3.63, 3.8) is 0 Å². The average Bonchev–Trinajstić information content (AvgIpc) is 2.78. The van der Waals surface area contributed by atoms with E-state index in [1.807, 2.05) is 0 Å². The van der Waals surface area contributed by atoms with Crippen LogP contribution in [0.4, 0.5) is 5.69 Å². The van der Waals surface area contributed by atoms with Crippen molar-refractivity contribution in [1.29, 1.82) is 0 Å². The zero-order valence-corrected chi connectivity index (χ0v) is 9.05. The van der Waals surface area contributed by atoms with Gasteiger partial charge in [0.2, 0.25) is 0 Å². The van der Waals surface area contributed by atoms with Crippen LogP contribution in [0.2, 0.25) is 0 Å². The number of primary amides is 1. The van der Waals surface area contributed by atoms with E-state index in [0.717, 1.165) is 0 Å². The minimum atomic E-state index is -0.556. The highest BCUT2D eigenvalue weighted by atomic mass is 16.5. The van der Waals surface area contributed by atoms with Crippen LogP contribution in [-0.2, 0) is 6.61 Å². The highest BCUT2D eigenvalue weighted by Crippen LogP contribution is 2.22. The van der Waals surface area contributed by atoms with Crippen molar-refractivity contribution in [3.8, 4) is 5.75 Å². The normalized spacial score (nSPS) is 10.1. The predicted molar refractivity (Wildman–Crippen MR) is 62.4 cm³/mol. The molecule has 5 heteroatoms. The van der Waals surface area contributed by atoms with E-state index < -0.39 is 5.91 Å². The second-order valence-corrected chi connectivity index (χ2v) is 3.49. The molecule has 2 aromatic rings. The van der Waals surface area contributed by atoms with Crippen LogP contribution in [0.3, 0.4) is 0 Å². The average molecular weight is 232 g/mol. The Bertz CT molecular complexity index is 521. The van der Waals surface area contributed by atoms with E-state index in [1.54, 1.807) is 30.5 Å². The largest absolute Gasteiger partial charge is 0.485 e. The molecule has 0 aliphatic carbocycles. The van der Waals surface area contributed by atoms with E-state index in [2.05, 4.69) is 0 Å². The lowest BCUT2D eigenvalue weighted by Crippen LogP contribution is -2.13. The minimum Gasteiger partial charge on any atom is -0.485 e. The number of anilines is 1. The zero-order valence-electron chi connectivity index (χ0n) is 9.05. The van der Waals surface area contributed by atoms with Crippen LogP contribution in [0.25, 0.3) is 0 Å². The third-order valence-corrected chi connectivity index (χ3v) is 2.22. The van der Waals surface area contributed by atoms with Crippen molar-refractivity contribution in [1.82, 2.24) is 0 Å². The predicted octanol–water partition coefficient (Wildman–Crippen LogP) is 1.54. The molecule has 88 valence electrons. The van der Waals surface area contributed by atoms with Crippen molar-refractivity contribution < 1.29 is 13.9 Å². The summed E-state index contributed by atoms with van der Waals surface area (Å²) in [5, 5.41) is 0. The summed E-state index contributed by atoms with van der Waals surface area (Å²) in [5.74, 6) is 0.455. The topological polar surface area (TPSA) is 91.5 Å². The molecule has 0 fully saturated rings. The maximum absolute atomic E-state index is 11.2. The first-order valence-electron chi connectivity index (χ1n) is 5.01. The molecule has 1 aromatic heterocycles. The number of nitrogen functional groups attached to an aromatic ring is 1. The molecule has 0 saturated carbocycles. The number of benzene rings is 1.